The lowest BCUT2D eigenvalue weighted by atomic mass is 10.0. The molecule has 1 aromatic carbocycles. The topological polar surface area (TPSA) is 129 Å². The molecule has 0 saturated carbocycles. The Morgan fingerprint density at radius 3 is 2.68 bits per heavy atom. The highest BCUT2D eigenvalue weighted by atomic mass is 16.2. The van der Waals surface area contributed by atoms with Gasteiger partial charge in [-0.2, -0.15) is 10.4 Å². The largest absolute Gasteiger partial charge is 0.343 e. The average molecular weight is 499 g/mol. The molecule has 0 aliphatic carbocycles. The smallest absolute Gasteiger partial charge is 0.252 e. The van der Waals surface area contributed by atoms with E-state index in [1.54, 1.807) is 30.6 Å². The van der Waals surface area contributed by atoms with Gasteiger partial charge in [0.2, 0.25) is 11.9 Å². The van der Waals surface area contributed by atoms with E-state index >= 15 is 0 Å². The number of carbonyl (C=O) groups excluding carboxylic acids is 2. The standard InChI is InChI=1S/C27H30N8O2/c1-3-4-5-24(36)34-14-10-23(11-15-34)35-18-22(17-31-35)32-27-30-16-19(2)25(33-27)20-6-8-21(9-7-20)26(37)29-13-12-28/h3,6-9,16-18,23H,1,4-5,10-11,13-15H2,2H3,(H,29,37)(H,30,32,33). The predicted octanol–water partition coefficient (Wildman–Crippen LogP) is 3.78. The van der Waals surface area contributed by atoms with E-state index in [-0.39, 0.29) is 24.4 Å². The van der Waals surface area contributed by atoms with Crippen LogP contribution in [0, 0.1) is 18.3 Å². The van der Waals surface area contributed by atoms with Crippen LogP contribution in [0.4, 0.5) is 11.6 Å². The number of carbonyl (C=O) groups is 2. The Hall–Kier alpha value is -4.52. The number of aromatic nitrogens is 4. The van der Waals surface area contributed by atoms with Crippen molar-refractivity contribution in [2.75, 3.05) is 25.0 Å². The van der Waals surface area contributed by atoms with E-state index in [2.05, 4.69) is 32.3 Å². The molecule has 10 nitrogen and oxygen atoms in total. The summed E-state index contributed by atoms with van der Waals surface area (Å²) in [6.45, 7) is 7.04. The van der Waals surface area contributed by atoms with Crippen LogP contribution in [0.25, 0.3) is 11.3 Å². The minimum absolute atomic E-state index is 0.0355. The molecule has 3 heterocycles. The molecule has 4 rings (SSSR count). The van der Waals surface area contributed by atoms with Crippen molar-refractivity contribution in [3.8, 4) is 17.3 Å². The number of amides is 2. The third-order valence-electron chi connectivity index (χ3n) is 6.33. The molecule has 3 aromatic rings. The van der Waals surface area contributed by atoms with E-state index < -0.39 is 0 Å². The molecule has 37 heavy (non-hydrogen) atoms. The van der Waals surface area contributed by atoms with Crippen LogP contribution in [0.5, 0.6) is 0 Å². The van der Waals surface area contributed by atoms with Gasteiger partial charge < -0.3 is 15.5 Å². The number of nitrogens with zero attached hydrogens (tertiary/aromatic N) is 6. The van der Waals surface area contributed by atoms with E-state index in [0.717, 1.165) is 48.4 Å². The quantitative estimate of drug-likeness (QED) is 0.339. The summed E-state index contributed by atoms with van der Waals surface area (Å²) in [6, 6.07) is 9.19. The summed E-state index contributed by atoms with van der Waals surface area (Å²) in [4.78, 5) is 35.3. The van der Waals surface area contributed by atoms with Crippen LogP contribution < -0.4 is 10.6 Å². The molecule has 1 aliphatic heterocycles. The van der Waals surface area contributed by atoms with Crippen molar-refractivity contribution in [2.24, 2.45) is 0 Å². The molecule has 1 aliphatic rings. The van der Waals surface area contributed by atoms with Crippen molar-refractivity contribution >= 4 is 23.5 Å². The summed E-state index contributed by atoms with van der Waals surface area (Å²) >= 11 is 0. The lowest BCUT2D eigenvalue weighted by Crippen LogP contribution is -2.39. The van der Waals surface area contributed by atoms with Crippen LogP contribution >= 0.6 is 0 Å². The zero-order valence-electron chi connectivity index (χ0n) is 20.9. The van der Waals surface area contributed by atoms with Gasteiger partial charge in [-0.15, -0.1) is 6.58 Å². The van der Waals surface area contributed by atoms with E-state index in [4.69, 9.17) is 5.26 Å². The highest BCUT2D eigenvalue weighted by molar-refractivity contribution is 5.94. The normalized spacial score (nSPS) is 13.6. The van der Waals surface area contributed by atoms with E-state index in [9.17, 15) is 9.59 Å². The molecule has 0 bridgehead atoms. The number of anilines is 2. The van der Waals surface area contributed by atoms with Crippen LogP contribution in [-0.2, 0) is 4.79 Å². The molecule has 10 heteroatoms. The van der Waals surface area contributed by atoms with Crippen molar-refractivity contribution in [3.63, 3.8) is 0 Å². The van der Waals surface area contributed by atoms with Crippen molar-refractivity contribution in [1.29, 1.82) is 5.26 Å². The highest BCUT2D eigenvalue weighted by Gasteiger charge is 2.24. The third-order valence-corrected chi connectivity index (χ3v) is 6.33. The van der Waals surface area contributed by atoms with Crippen LogP contribution in [0.15, 0.2) is 55.5 Å². The number of aryl methyl sites for hydroxylation is 1. The first-order valence-corrected chi connectivity index (χ1v) is 12.3. The zero-order valence-corrected chi connectivity index (χ0v) is 20.9. The number of benzene rings is 1. The molecule has 1 saturated heterocycles. The molecule has 2 amide bonds. The Bertz CT molecular complexity index is 1300. The number of allylic oxidation sites excluding steroid dienone is 1. The number of hydrogen-bond acceptors (Lipinski definition) is 7. The summed E-state index contributed by atoms with van der Waals surface area (Å²) in [7, 11) is 0. The number of likely N-dealkylation sites (tertiary alicyclic amines) is 1. The lowest BCUT2D eigenvalue weighted by Gasteiger charge is -2.32. The van der Waals surface area contributed by atoms with Gasteiger partial charge in [-0.25, -0.2) is 9.97 Å². The summed E-state index contributed by atoms with van der Waals surface area (Å²) in [5.74, 6) is 0.334. The van der Waals surface area contributed by atoms with E-state index in [1.807, 2.05) is 40.9 Å². The fourth-order valence-corrected chi connectivity index (χ4v) is 4.29. The molecule has 2 N–H and O–H groups in total. The summed E-state index contributed by atoms with van der Waals surface area (Å²) in [5.41, 5.74) is 3.76. The SMILES string of the molecule is C=CCCC(=O)N1CCC(n2cc(Nc3ncc(C)c(-c4ccc(C(=O)NCC#N)cc4)n3)cn2)CC1. The van der Waals surface area contributed by atoms with Gasteiger partial charge >= 0.3 is 0 Å². The second kappa shape index (κ2) is 11.9. The van der Waals surface area contributed by atoms with E-state index in [1.165, 1.54) is 0 Å². The molecule has 190 valence electrons. The Kier molecular flexibility index (Phi) is 8.26. The molecule has 0 unspecified atom stereocenters. The lowest BCUT2D eigenvalue weighted by molar-refractivity contribution is -0.132. The second-order valence-electron chi connectivity index (χ2n) is 8.92. The Balaban J connectivity index is 1.39. The molecule has 0 spiro atoms. The molecule has 0 atom stereocenters. The minimum Gasteiger partial charge on any atom is -0.343 e. The van der Waals surface area contributed by atoms with Crippen molar-refractivity contribution in [1.82, 2.24) is 30.0 Å². The number of hydrogen-bond donors (Lipinski definition) is 2. The van der Waals surface area contributed by atoms with Crippen molar-refractivity contribution < 1.29 is 9.59 Å². The fraction of sp³-hybridized carbons (Fsp3) is 0.333. The second-order valence-corrected chi connectivity index (χ2v) is 8.92. The fourth-order valence-electron chi connectivity index (χ4n) is 4.29. The third kappa shape index (κ3) is 6.38. The van der Waals surface area contributed by atoms with Gasteiger partial charge in [0.05, 0.1) is 29.7 Å². The van der Waals surface area contributed by atoms with Crippen LogP contribution in [0.1, 0.15) is 47.6 Å². The van der Waals surface area contributed by atoms with Gasteiger partial charge in [-0.1, -0.05) is 18.2 Å². The molecule has 1 fully saturated rings. The van der Waals surface area contributed by atoms with Gasteiger partial charge in [0.1, 0.15) is 6.54 Å². The number of nitriles is 1. The maximum atomic E-state index is 12.2. The summed E-state index contributed by atoms with van der Waals surface area (Å²) in [5, 5.41) is 18.9. The number of piperidine rings is 1. The number of rotatable bonds is 9. The Labute approximate surface area is 216 Å². The van der Waals surface area contributed by atoms with Crippen molar-refractivity contribution in [2.45, 2.75) is 38.6 Å². The maximum Gasteiger partial charge on any atom is 0.252 e. The average Bonchev–Trinajstić information content (AvgIpc) is 3.40. The molecule has 2 aromatic heterocycles. The van der Waals surface area contributed by atoms with Gasteiger partial charge in [-0.3, -0.25) is 14.3 Å². The van der Waals surface area contributed by atoms with Gasteiger partial charge in [0.15, 0.2) is 0 Å². The van der Waals surface area contributed by atoms with Crippen LogP contribution in [0.2, 0.25) is 0 Å². The maximum absolute atomic E-state index is 12.2. The molecular formula is C27H30N8O2. The van der Waals surface area contributed by atoms with E-state index in [0.29, 0.717) is 24.4 Å². The first-order chi connectivity index (χ1) is 18.0. The van der Waals surface area contributed by atoms with Crippen LogP contribution in [-0.4, -0.2) is 56.1 Å². The first-order valence-electron chi connectivity index (χ1n) is 12.3. The summed E-state index contributed by atoms with van der Waals surface area (Å²) in [6.07, 6.45) is 10.2. The summed E-state index contributed by atoms with van der Waals surface area (Å²) < 4.78 is 1.94. The van der Waals surface area contributed by atoms with Gasteiger partial charge in [0, 0.05) is 43.0 Å². The van der Waals surface area contributed by atoms with Crippen molar-refractivity contribution in [3.05, 3.63) is 66.6 Å². The van der Waals surface area contributed by atoms with Gasteiger partial charge in [-0.05, 0) is 43.9 Å². The highest BCUT2D eigenvalue weighted by Crippen LogP contribution is 2.26. The molecular weight excluding hydrogens is 468 g/mol. The Morgan fingerprint density at radius 1 is 1.22 bits per heavy atom. The molecule has 0 radical (unpaired) electrons. The monoisotopic (exact) mass is 498 g/mol. The van der Waals surface area contributed by atoms with Gasteiger partial charge in [0.25, 0.3) is 5.91 Å². The zero-order chi connectivity index (χ0) is 26.2. The number of nitrogens with one attached hydrogen (secondary N) is 2. The van der Waals surface area contributed by atoms with Crippen LogP contribution in [0.3, 0.4) is 0 Å². The Morgan fingerprint density at radius 2 is 1.97 bits per heavy atom. The minimum atomic E-state index is -0.295. The first kappa shape index (κ1) is 25.6. The predicted molar refractivity (Wildman–Crippen MR) is 140 cm³/mol.